The van der Waals surface area contributed by atoms with E-state index in [2.05, 4.69) is 69.0 Å². The molecule has 0 N–H and O–H groups in total. The Kier molecular flexibility index (Phi) is 3.02. The Labute approximate surface area is 135 Å². The lowest BCUT2D eigenvalue weighted by molar-refractivity contribution is 1.18. The molecule has 0 aliphatic carbocycles. The Hall–Kier alpha value is -1.77. The molecule has 3 aromatic carbocycles. The van der Waals surface area contributed by atoms with Crippen molar-refractivity contribution in [3.8, 4) is 5.69 Å². The molecule has 0 aliphatic heterocycles. The fourth-order valence-electron chi connectivity index (χ4n) is 2.82. The van der Waals surface area contributed by atoms with E-state index in [0.29, 0.717) is 0 Å². The van der Waals surface area contributed by atoms with E-state index in [4.69, 9.17) is 11.6 Å². The molecule has 0 aliphatic rings. The van der Waals surface area contributed by atoms with Crippen LogP contribution in [0.15, 0.2) is 71.2 Å². The lowest BCUT2D eigenvalue weighted by Crippen LogP contribution is -1.92. The van der Waals surface area contributed by atoms with Crippen LogP contribution < -0.4 is 0 Å². The summed E-state index contributed by atoms with van der Waals surface area (Å²) in [6.45, 7) is 0. The zero-order chi connectivity index (χ0) is 14.4. The smallest absolute Gasteiger partial charge is 0.0542 e. The van der Waals surface area contributed by atoms with Gasteiger partial charge in [0.1, 0.15) is 0 Å². The molecule has 1 heterocycles. The van der Waals surface area contributed by atoms with Gasteiger partial charge in [-0.15, -0.1) is 0 Å². The average molecular weight is 357 g/mol. The summed E-state index contributed by atoms with van der Waals surface area (Å²) < 4.78 is 3.34. The fraction of sp³-hybridized carbons (Fsp3) is 0. The lowest BCUT2D eigenvalue weighted by Gasteiger charge is -2.07. The van der Waals surface area contributed by atoms with Crippen molar-refractivity contribution in [1.29, 1.82) is 0 Å². The molecular formula is C18H11BrClN. The van der Waals surface area contributed by atoms with Crippen LogP contribution in [0.1, 0.15) is 0 Å². The molecule has 0 atom stereocenters. The first kappa shape index (κ1) is 12.9. The second-order valence-electron chi connectivity index (χ2n) is 4.99. The number of benzene rings is 3. The number of para-hydroxylation sites is 1. The Morgan fingerprint density at radius 2 is 1.43 bits per heavy atom. The highest BCUT2D eigenvalue weighted by Crippen LogP contribution is 2.34. The standard InChI is InChI=1S/C18H11BrClN/c19-12-6-8-17-15(10-12)16-11-13(20)7-9-18(16)21(17)14-4-2-1-3-5-14/h1-11H. The monoisotopic (exact) mass is 355 g/mol. The van der Waals surface area contributed by atoms with E-state index in [-0.39, 0.29) is 0 Å². The second kappa shape index (κ2) is 4.90. The zero-order valence-electron chi connectivity index (χ0n) is 11.1. The largest absolute Gasteiger partial charge is 0.309 e. The Balaban J connectivity index is 2.22. The van der Waals surface area contributed by atoms with Crippen molar-refractivity contribution in [1.82, 2.24) is 4.57 Å². The van der Waals surface area contributed by atoms with Gasteiger partial charge in [0, 0.05) is 26.0 Å². The van der Waals surface area contributed by atoms with Crippen molar-refractivity contribution in [2.45, 2.75) is 0 Å². The van der Waals surface area contributed by atoms with Gasteiger partial charge in [0.15, 0.2) is 0 Å². The van der Waals surface area contributed by atoms with Crippen molar-refractivity contribution < 1.29 is 0 Å². The van der Waals surface area contributed by atoms with Crippen LogP contribution in [0.2, 0.25) is 5.02 Å². The highest BCUT2D eigenvalue weighted by Gasteiger charge is 2.12. The van der Waals surface area contributed by atoms with E-state index < -0.39 is 0 Å². The maximum Gasteiger partial charge on any atom is 0.0542 e. The second-order valence-corrected chi connectivity index (χ2v) is 6.35. The Morgan fingerprint density at radius 1 is 0.762 bits per heavy atom. The molecule has 4 aromatic rings. The van der Waals surface area contributed by atoms with E-state index in [1.165, 1.54) is 21.8 Å². The summed E-state index contributed by atoms with van der Waals surface area (Å²) in [5, 5.41) is 3.13. The summed E-state index contributed by atoms with van der Waals surface area (Å²) in [6.07, 6.45) is 0. The van der Waals surface area contributed by atoms with E-state index in [1.54, 1.807) is 0 Å². The summed E-state index contributed by atoms with van der Waals surface area (Å²) in [6, 6.07) is 22.8. The van der Waals surface area contributed by atoms with E-state index in [1.807, 2.05) is 18.2 Å². The van der Waals surface area contributed by atoms with Crippen LogP contribution >= 0.6 is 27.5 Å². The van der Waals surface area contributed by atoms with Crippen LogP contribution in [-0.4, -0.2) is 4.57 Å². The van der Waals surface area contributed by atoms with Gasteiger partial charge in [-0.1, -0.05) is 45.7 Å². The number of halogens is 2. The molecule has 102 valence electrons. The normalized spacial score (nSPS) is 11.3. The van der Waals surface area contributed by atoms with Crippen LogP contribution in [0.5, 0.6) is 0 Å². The Morgan fingerprint density at radius 3 is 2.19 bits per heavy atom. The quantitative estimate of drug-likeness (QED) is 0.382. The molecule has 0 bridgehead atoms. The summed E-state index contributed by atoms with van der Waals surface area (Å²) >= 11 is 9.75. The van der Waals surface area contributed by atoms with Gasteiger partial charge in [-0.3, -0.25) is 0 Å². The highest BCUT2D eigenvalue weighted by atomic mass is 79.9. The van der Waals surface area contributed by atoms with Crippen LogP contribution in [0.4, 0.5) is 0 Å². The number of fused-ring (bicyclic) bond motifs is 3. The van der Waals surface area contributed by atoms with Crippen molar-refractivity contribution in [3.63, 3.8) is 0 Å². The van der Waals surface area contributed by atoms with E-state index in [0.717, 1.165) is 15.2 Å². The third-order valence-corrected chi connectivity index (χ3v) is 4.43. The van der Waals surface area contributed by atoms with Gasteiger partial charge < -0.3 is 4.57 Å². The number of hydrogen-bond donors (Lipinski definition) is 0. The van der Waals surface area contributed by atoms with Crippen LogP contribution in [0.25, 0.3) is 27.5 Å². The van der Waals surface area contributed by atoms with Gasteiger partial charge in [0.25, 0.3) is 0 Å². The van der Waals surface area contributed by atoms with Gasteiger partial charge in [-0.05, 0) is 48.5 Å². The van der Waals surface area contributed by atoms with E-state index >= 15 is 0 Å². The minimum absolute atomic E-state index is 0.759. The third kappa shape index (κ3) is 2.06. The van der Waals surface area contributed by atoms with E-state index in [9.17, 15) is 0 Å². The molecule has 0 saturated heterocycles. The number of nitrogens with zero attached hydrogens (tertiary/aromatic N) is 1. The topological polar surface area (TPSA) is 4.93 Å². The fourth-order valence-corrected chi connectivity index (χ4v) is 3.36. The summed E-state index contributed by atoms with van der Waals surface area (Å²) in [5.41, 5.74) is 3.50. The molecule has 21 heavy (non-hydrogen) atoms. The summed E-state index contributed by atoms with van der Waals surface area (Å²) in [7, 11) is 0. The maximum absolute atomic E-state index is 6.19. The maximum atomic E-state index is 6.19. The van der Waals surface area contributed by atoms with Gasteiger partial charge in [-0.2, -0.15) is 0 Å². The van der Waals surface area contributed by atoms with Gasteiger partial charge in [-0.25, -0.2) is 0 Å². The SMILES string of the molecule is Clc1ccc2c(c1)c1cc(Br)ccc1n2-c1ccccc1. The van der Waals surface area contributed by atoms with Crippen molar-refractivity contribution >= 4 is 49.3 Å². The Bertz CT molecular complexity index is 898. The summed E-state index contributed by atoms with van der Waals surface area (Å²) in [4.78, 5) is 0. The first-order valence-electron chi connectivity index (χ1n) is 6.69. The minimum atomic E-state index is 0.759. The van der Waals surface area contributed by atoms with Crippen molar-refractivity contribution in [2.75, 3.05) is 0 Å². The van der Waals surface area contributed by atoms with Crippen molar-refractivity contribution in [2.24, 2.45) is 0 Å². The van der Waals surface area contributed by atoms with Crippen LogP contribution in [0.3, 0.4) is 0 Å². The molecule has 0 unspecified atom stereocenters. The summed E-state index contributed by atoms with van der Waals surface area (Å²) in [5.74, 6) is 0. The van der Waals surface area contributed by atoms with Gasteiger partial charge in [0.05, 0.1) is 11.0 Å². The molecule has 0 saturated carbocycles. The molecular weight excluding hydrogens is 346 g/mol. The van der Waals surface area contributed by atoms with Crippen molar-refractivity contribution in [3.05, 3.63) is 76.2 Å². The highest BCUT2D eigenvalue weighted by molar-refractivity contribution is 9.10. The average Bonchev–Trinajstić information content (AvgIpc) is 2.81. The minimum Gasteiger partial charge on any atom is -0.309 e. The molecule has 1 aromatic heterocycles. The molecule has 4 rings (SSSR count). The molecule has 0 spiro atoms. The first-order chi connectivity index (χ1) is 10.2. The number of aromatic nitrogens is 1. The number of rotatable bonds is 1. The molecule has 1 nitrogen and oxygen atoms in total. The van der Waals surface area contributed by atoms with Gasteiger partial charge >= 0.3 is 0 Å². The van der Waals surface area contributed by atoms with Crippen LogP contribution in [-0.2, 0) is 0 Å². The zero-order valence-corrected chi connectivity index (χ0v) is 13.4. The molecule has 0 fully saturated rings. The first-order valence-corrected chi connectivity index (χ1v) is 7.86. The molecule has 3 heteroatoms. The predicted molar refractivity (Wildman–Crippen MR) is 93.5 cm³/mol. The third-order valence-electron chi connectivity index (χ3n) is 3.70. The van der Waals surface area contributed by atoms with Gasteiger partial charge in [0.2, 0.25) is 0 Å². The molecule has 0 radical (unpaired) electrons. The molecule has 0 amide bonds. The van der Waals surface area contributed by atoms with Crippen LogP contribution in [0, 0.1) is 0 Å². The number of hydrogen-bond acceptors (Lipinski definition) is 0. The predicted octanol–water partition coefficient (Wildman–Crippen LogP) is 6.20. The lowest BCUT2D eigenvalue weighted by atomic mass is 10.1.